The minimum Gasteiger partial charge on any atom is -0.496 e. The van der Waals surface area contributed by atoms with E-state index in [1.54, 1.807) is 30.0 Å². The number of hydrogen-bond acceptors (Lipinski definition) is 8. The summed E-state index contributed by atoms with van der Waals surface area (Å²) < 4.78 is 7.02. The highest BCUT2D eigenvalue weighted by Crippen LogP contribution is 2.36. The quantitative estimate of drug-likeness (QED) is 0.238. The lowest BCUT2D eigenvalue weighted by Crippen LogP contribution is -2.21. The number of nitrogens with zero attached hydrogens (tertiary/aromatic N) is 5. The van der Waals surface area contributed by atoms with Crippen molar-refractivity contribution in [3.05, 3.63) is 87.2 Å². The maximum atomic E-state index is 12.9. The number of nitro groups is 1. The molecule has 10 heteroatoms. The normalized spacial score (nSPS) is 15.4. The van der Waals surface area contributed by atoms with Crippen molar-refractivity contribution in [3.63, 3.8) is 0 Å². The molecule has 0 unspecified atom stereocenters. The molecule has 1 atom stereocenters. The van der Waals surface area contributed by atoms with Gasteiger partial charge in [0.05, 0.1) is 23.3 Å². The zero-order valence-electron chi connectivity index (χ0n) is 17.7. The molecule has 1 aliphatic carbocycles. The fraction of sp³-hybridized carbons (Fsp3) is 0.217. The fourth-order valence-electron chi connectivity index (χ4n) is 4.01. The van der Waals surface area contributed by atoms with E-state index < -0.39 is 4.92 Å². The van der Waals surface area contributed by atoms with Crippen molar-refractivity contribution in [3.8, 4) is 5.75 Å². The van der Waals surface area contributed by atoms with E-state index in [4.69, 9.17) is 4.74 Å². The maximum Gasteiger partial charge on any atom is 0.269 e. The summed E-state index contributed by atoms with van der Waals surface area (Å²) in [6.45, 7) is 0. The van der Waals surface area contributed by atoms with Crippen LogP contribution < -0.4 is 4.74 Å². The molecule has 5 rings (SSSR count). The van der Waals surface area contributed by atoms with Gasteiger partial charge in [0, 0.05) is 36.4 Å². The Hall–Kier alpha value is -3.79. The van der Waals surface area contributed by atoms with Gasteiger partial charge in [0.2, 0.25) is 5.16 Å². The smallest absolute Gasteiger partial charge is 0.269 e. The van der Waals surface area contributed by atoms with E-state index in [0.717, 1.165) is 16.9 Å². The first-order valence-corrected chi connectivity index (χ1v) is 11.3. The van der Waals surface area contributed by atoms with E-state index in [1.807, 2.05) is 24.3 Å². The van der Waals surface area contributed by atoms with Gasteiger partial charge < -0.3 is 4.74 Å². The van der Waals surface area contributed by atoms with Crippen molar-refractivity contribution in [1.29, 1.82) is 0 Å². The van der Waals surface area contributed by atoms with E-state index in [1.165, 1.54) is 23.9 Å². The van der Waals surface area contributed by atoms with Crippen molar-refractivity contribution in [2.45, 2.75) is 29.7 Å². The Bertz CT molecular complexity index is 1370. The first-order valence-electron chi connectivity index (χ1n) is 10.3. The predicted octanol–water partition coefficient (Wildman–Crippen LogP) is 4.25. The van der Waals surface area contributed by atoms with Crippen LogP contribution in [0.1, 0.15) is 39.5 Å². The van der Waals surface area contributed by atoms with Gasteiger partial charge >= 0.3 is 0 Å². The summed E-state index contributed by atoms with van der Waals surface area (Å²) in [6.07, 6.45) is 2.72. The molecule has 0 N–H and O–H groups in total. The molecule has 2 aromatic carbocycles. The van der Waals surface area contributed by atoms with Crippen LogP contribution in [0.5, 0.6) is 5.75 Å². The number of ketones is 1. The summed E-state index contributed by atoms with van der Waals surface area (Å²) in [7, 11) is 1.63. The summed E-state index contributed by atoms with van der Waals surface area (Å²) in [5, 5.41) is 15.8. The van der Waals surface area contributed by atoms with Crippen LogP contribution in [0.2, 0.25) is 0 Å². The molecule has 0 amide bonds. The number of aromatic nitrogens is 4. The number of Topliss-reactive ketones (excluding diaryl/α,β-unsaturated/α-hetero) is 1. The van der Waals surface area contributed by atoms with Gasteiger partial charge in [0.15, 0.2) is 5.78 Å². The lowest BCUT2D eigenvalue weighted by Gasteiger charge is -2.24. The number of carbonyl (C=O) groups excluding carboxylic acids is 1. The predicted molar refractivity (Wildman–Crippen MR) is 122 cm³/mol. The SMILES string of the molecule is COc1ccccc1[C@@H]1CC(=O)c2cn3nc(SCc4ccc([N+](=O)[O-])cc4)nc3nc2C1. The van der Waals surface area contributed by atoms with E-state index >= 15 is 0 Å². The summed E-state index contributed by atoms with van der Waals surface area (Å²) in [6, 6.07) is 14.1. The number of carbonyl (C=O) groups is 1. The maximum absolute atomic E-state index is 12.9. The molecule has 9 nitrogen and oxygen atoms in total. The topological polar surface area (TPSA) is 113 Å². The lowest BCUT2D eigenvalue weighted by molar-refractivity contribution is -0.384. The van der Waals surface area contributed by atoms with Crippen molar-refractivity contribution in [2.24, 2.45) is 0 Å². The minimum absolute atomic E-state index is 0.00463. The van der Waals surface area contributed by atoms with E-state index in [9.17, 15) is 14.9 Å². The standard InChI is InChI=1S/C23H19N5O4S/c1-32-21-5-3-2-4-17(21)15-10-19-18(20(29)11-15)12-27-22(24-19)25-23(26-27)33-13-14-6-8-16(9-7-14)28(30)31/h2-9,12,15H,10-11,13H2,1H3/t15-/m0/s1. The first kappa shape index (κ1) is 21.1. The number of ether oxygens (including phenoxy) is 1. The Kier molecular flexibility index (Phi) is 5.51. The van der Waals surface area contributed by atoms with Crippen LogP contribution in [-0.4, -0.2) is 37.4 Å². The van der Waals surface area contributed by atoms with Crippen LogP contribution in [0.3, 0.4) is 0 Å². The molecule has 1 aliphatic rings. The van der Waals surface area contributed by atoms with Gasteiger partial charge in [-0.3, -0.25) is 14.9 Å². The second-order valence-corrected chi connectivity index (χ2v) is 8.67. The molecule has 2 aromatic heterocycles. The molecule has 0 aliphatic heterocycles. The number of fused-ring (bicyclic) bond motifs is 2. The third-order valence-electron chi connectivity index (χ3n) is 5.66. The first-order chi connectivity index (χ1) is 16.0. The number of methoxy groups -OCH3 is 1. The van der Waals surface area contributed by atoms with Crippen LogP contribution in [0, 0.1) is 10.1 Å². The summed E-state index contributed by atoms with van der Waals surface area (Å²) in [5.41, 5.74) is 3.27. The number of non-ortho nitro benzene ring substituents is 1. The molecule has 4 aromatic rings. The molecular weight excluding hydrogens is 442 g/mol. The molecule has 0 saturated carbocycles. The summed E-state index contributed by atoms with van der Waals surface area (Å²) in [5.74, 6) is 1.79. The van der Waals surface area contributed by atoms with Crippen molar-refractivity contribution in [2.75, 3.05) is 7.11 Å². The Labute approximate surface area is 193 Å². The number of benzene rings is 2. The third-order valence-corrected chi connectivity index (χ3v) is 6.57. The van der Waals surface area contributed by atoms with Gasteiger partial charge in [-0.2, -0.15) is 4.98 Å². The molecular formula is C23H19N5O4S. The molecule has 0 bridgehead atoms. The van der Waals surface area contributed by atoms with Gasteiger partial charge in [-0.25, -0.2) is 9.50 Å². The van der Waals surface area contributed by atoms with Crippen LogP contribution in [0.4, 0.5) is 5.69 Å². The number of hydrogen-bond donors (Lipinski definition) is 0. The Morgan fingerprint density at radius 2 is 1.94 bits per heavy atom. The van der Waals surface area contributed by atoms with Gasteiger partial charge in [-0.15, -0.1) is 5.10 Å². The zero-order chi connectivity index (χ0) is 22.9. The van der Waals surface area contributed by atoms with Crippen LogP contribution >= 0.6 is 11.8 Å². The highest BCUT2D eigenvalue weighted by molar-refractivity contribution is 7.98. The average molecular weight is 462 g/mol. The number of para-hydroxylation sites is 1. The Morgan fingerprint density at radius 3 is 2.70 bits per heavy atom. The molecule has 0 spiro atoms. The number of nitro benzene ring substituents is 1. The van der Waals surface area contributed by atoms with Gasteiger partial charge in [0.1, 0.15) is 5.75 Å². The van der Waals surface area contributed by atoms with Crippen LogP contribution in [0.15, 0.2) is 59.9 Å². The minimum atomic E-state index is -0.423. The second kappa shape index (κ2) is 8.62. The molecule has 33 heavy (non-hydrogen) atoms. The van der Waals surface area contributed by atoms with Gasteiger partial charge in [-0.1, -0.05) is 42.1 Å². The third kappa shape index (κ3) is 4.17. The van der Waals surface area contributed by atoms with Gasteiger partial charge in [-0.05, 0) is 23.6 Å². The molecule has 0 radical (unpaired) electrons. The molecule has 2 heterocycles. The second-order valence-electron chi connectivity index (χ2n) is 7.72. The molecule has 0 fully saturated rings. The van der Waals surface area contributed by atoms with Crippen LogP contribution in [-0.2, 0) is 12.2 Å². The summed E-state index contributed by atoms with van der Waals surface area (Å²) in [4.78, 5) is 32.4. The lowest BCUT2D eigenvalue weighted by atomic mass is 9.82. The van der Waals surface area contributed by atoms with Crippen molar-refractivity contribution < 1.29 is 14.5 Å². The molecule has 0 saturated heterocycles. The summed E-state index contributed by atoms with van der Waals surface area (Å²) >= 11 is 1.40. The highest BCUT2D eigenvalue weighted by atomic mass is 32.2. The van der Waals surface area contributed by atoms with E-state index in [0.29, 0.717) is 40.8 Å². The fourth-order valence-corrected chi connectivity index (χ4v) is 4.79. The van der Waals surface area contributed by atoms with E-state index in [-0.39, 0.29) is 17.4 Å². The van der Waals surface area contributed by atoms with Crippen molar-refractivity contribution in [1.82, 2.24) is 19.6 Å². The monoisotopic (exact) mass is 461 g/mol. The zero-order valence-corrected chi connectivity index (χ0v) is 18.5. The molecule has 166 valence electrons. The van der Waals surface area contributed by atoms with E-state index in [2.05, 4.69) is 15.1 Å². The van der Waals surface area contributed by atoms with Crippen LogP contribution in [0.25, 0.3) is 5.78 Å². The largest absolute Gasteiger partial charge is 0.496 e. The highest BCUT2D eigenvalue weighted by Gasteiger charge is 2.30. The Balaban J connectivity index is 1.37. The van der Waals surface area contributed by atoms with Crippen molar-refractivity contribution >= 4 is 29.0 Å². The number of rotatable bonds is 6. The van der Waals surface area contributed by atoms with Gasteiger partial charge in [0.25, 0.3) is 11.5 Å². The Morgan fingerprint density at radius 1 is 1.15 bits per heavy atom. The number of thioether (sulfide) groups is 1. The average Bonchev–Trinajstić information content (AvgIpc) is 3.23.